The van der Waals surface area contributed by atoms with Gasteiger partial charge in [0.15, 0.2) is 0 Å². The molecular formula is C19H26N2O. The van der Waals surface area contributed by atoms with Crippen molar-refractivity contribution in [3.8, 4) is 0 Å². The predicted octanol–water partition coefficient (Wildman–Crippen LogP) is 3.17. The molecule has 1 heterocycles. The van der Waals surface area contributed by atoms with Crippen molar-refractivity contribution in [3.63, 3.8) is 0 Å². The van der Waals surface area contributed by atoms with Crippen molar-refractivity contribution in [2.24, 2.45) is 5.41 Å². The van der Waals surface area contributed by atoms with Crippen LogP contribution in [0, 0.1) is 5.41 Å². The van der Waals surface area contributed by atoms with Crippen LogP contribution < -0.4 is 5.32 Å². The average molecular weight is 298 g/mol. The van der Waals surface area contributed by atoms with E-state index in [1.165, 1.54) is 41.4 Å². The predicted molar refractivity (Wildman–Crippen MR) is 90.1 cm³/mol. The van der Waals surface area contributed by atoms with E-state index in [2.05, 4.69) is 41.5 Å². The first-order valence-corrected chi connectivity index (χ1v) is 8.65. The van der Waals surface area contributed by atoms with E-state index < -0.39 is 0 Å². The number of aliphatic hydroxyl groups is 1. The first kappa shape index (κ1) is 14.3. The van der Waals surface area contributed by atoms with Crippen molar-refractivity contribution >= 4 is 10.9 Å². The van der Waals surface area contributed by atoms with Gasteiger partial charge in [0.25, 0.3) is 0 Å². The van der Waals surface area contributed by atoms with E-state index in [0.717, 1.165) is 19.3 Å². The van der Waals surface area contributed by atoms with Crippen LogP contribution in [0.1, 0.15) is 43.9 Å². The molecule has 2 aliphatic rings. The quantitative estimate of drug-likeness (QED) is 0.815. The molecule has 0 bridgehead atoms. The summed E-state index contributed by atoms with van der Waals surface area (Å²) in [4.78, 5) is 3.59. The van der Waals surface area contributed by atoms with Gasteiger partial charge >= 0.3 is 0 Å². The SMILES string of the molecule is CC1(CO)CCCC1NC1CCc2[nH]c3ccccc3c2C1. The van der Waals surface area contributed by atoms with Gasteiger partial charge in [0.05, 0.1) is 0 Å². The summed E-state index contributed by atoms with van der Waals surface area (Å²) in [5.41, 5.74) is 4.27. The third-order valence-corrected chi connectivity index (χ3v) is 5.98. The van der Waals surface area contributed by atoms with Crippen LogP contribution >= 0.6 is 0 Å². The molecule has 4 rings (SSSR count). The molecule has 22 heavy (non-hydrogen) atoms. The van der Waals surface area contributed by atoms with Gasteiger partial charge in [-0.25, -0.2) is 0 Å². The molecule has 3 N–H and O–H groups in total. The highest BCUT2D eigenvalue weighted by atomic mass is 16.3. The molecule has 1 fully saturated rings. The summed E-state index contributed by atoms with van der Waals surface area (Å²) in [6.45, 7) is 2.54. The molecule has 3 heteroatoms. The van der Waals surface area contributed by atoms with Gasteiger partial charge in [-0.1, -0.05) is 31.5 Å². The van der Waals surface area contributed by atoms with Crippen LogP contribution in [0.5, 0.6) is 0 Å². The average Bonchev–Trinajstić information content (AvgIpc) is 3.09. The number of benzene rings is 1. The van der Waals surface area contributed by atoms with Crippen LogP contribution in [0.3, 0.4) is 0 Å². The second-order valence-electron chi connectivity index (χ2n) is 7.49. The molecule has 3 nitrogen and oxygen atoms in total. The Morgan fingerprint density at radius 3 is 3.05 bits per heavy atom. The van der Waals surface area contributed by atoms with E-state index in [-0.39, 0.29) is 5.41 Å². The molecule has 0 amide bonds. The lowest BCUT2D eigenvalue weighted by Crippen LogP contribution is -2.48. The fourth-order valence-corrected chi connectivity index (χ4v) is 4.50. The zero-order valence-electron chi connectivity index (χ0n) is 13.4. The maximum absolute atomic E-state index is 9.75. The van der Waals surface area contributed by atoms with Crippen LogP contribution in [0.2, 0.25) is 0 Å². The summed E-state index contributed by atoms with van der Waals surface area (Å²) >= 11 is 0. The smallest absolute Gasteiger partial charge is 0.0499 e. The number of hydrogen-bond donors (Lipinski definition) is 3. The standard InChI is InChI=1S/C19H26N2O/c1-19(12-22)10-4-7-18(19)20-13-8-9-17-15(11-13)14-5-2-3-6-16(14)21-17/h2-3,5-6,13,18,20-22H,4,7-12H2,1H3. The van der Waals surface area contributed by atoms with Crippen molar-refractivity contribution in [2.45, 2.75) is 57.5 Å². The fraction of sp³-hybridized carbons (Fsp3) is 0.579. The van der Waals surface area contributed by atoms with Crippen LogP contribution in [-0.2, 0) is 12.8 Å². The van der Waals surface area contributed by atoms with E-state index >= 15 is 0 Å². The highest BCUT2D eigenvalue weighted by molar-refractivity contribution is 5.84. The maximum Gasteiger partial charge on any atom is 0.0499 e. The van der Waals surface area contributed by atoms with Crippen molar-refractivity contribution in [2.75, 3.05) is 6.61 Å². The minimum atomic E-state index is 0.0699. The first-order valence-electron chi connectivity index (χ1n) is 8.65. The lowest BCUT2D eigenvalue weighted by molar-refractivity contribution is 0.112. The van der Waals surface area contributed by atoms with E-state index in [9.17, 15) is 5.11 Å². The van der Waals surface area contributed by atoms with Crippen LogP contribution in [0.25, 0.3) is 10.9 Å². The van der Waals surface area contributed by atoms with Gasteiger partial charge in [-0.15, -0.1) is 0 Å². The number of hydrogen-bond acceptors (Lipinski definition) is 2. The number of aromatic nitrogens is 1. The number of aliphatic hydroxyl groups excluding tert-OH is 1. The van der Waals surface area contributed by atoms with Gasteiger partial charge in [0, 0.05) is 40.7 Å². The monoisotopic (exact) mass is 298 g/mol. The minimum Gasteiger partial charge on any atom is -0.396 e. The molecule has 3 unspecified atom stereocenters. The summed E-state index contributed by atoms with van der Waals surface area (Å²) in [5.74, 6) is 0. The number of aryl methyl sites for hydroxylation is 1. The van der Waals surface area contributed by atoms with Crippen molar-refractivity contribution < 1.29 is 5.11 Å². The highest BCUT2D eigenvalue weighted by Crippen LogP contribution is 2.38. The molecule has 1 aromatic heterocycles. The number of fused-ring (bicyclic) bond motifs is 3. The summed E-state index contributed by atoms with van der Waals surface area (Å²) in [7, 11) is 0. The second-order valence-corrected chi connectivity index (χ2v) is 7.49. The zero-order valence-corrected chi connectivity index (χ0v) is 13.4. The van der Waals surface area contributed by atoms with Crippen LogP contribution in [0.15, 0.2) is 24.3 Å². The normalized spacial score (nSPS) is 31.5. The van der Waals surface area contributed by atoms with E-state index in [1.54, 1.807) is 0 Å². The summed E-state index contributed by atoms with van der Waals surface area (Å²) in [5, 5.41) is 15.0. The van der Waals surface area contributed by atoms with Gasteiger partial charge in [0.1, 0.15) is 0 Å². The molecule has 2 aliphatic carbocycles. The number of rotatable bonds is 3. The van der Waals surface area contributed by atoms with Gasteiger partial charge in [0.2, 0.25) is 0 Å². The Morgan fingerprint density at radius 1 is 1.32 bits per heavy atom. The lowest BCUT2D eigenvalue weighted by atomic mass is 9.84. The lowest BCUT2D eigenvalue weighted by Gasteiger charge is -2.35. The number of nitrogens with one attached hydrogen (secondary N) is 2. The van der Waals surface area contributed by atoms with Crippen LogP contribution in [-0.4, -0.2) is 28.8 Å². The Kier molecular flexibility index (Phi) is 3.50. The summed E-state index contributed by atoms with van der Waals surface area (Å²) < 4.78 is 0. The Balaban J connectivity index is 1.54. The molecule has 0 spiro atoms. The minimum absolute atomic E-state index is 0.0699. The number of para-hydroxylation sites is 1. The molecular weight excluding hydrogens is 272 g/mol. The third kappa shape index (κ3) is 2.27. The molecule has 1 aromatic carbocycles. The van der Waals surface area contributed by atoms with Gasteiger partial charge in [-0.2, -0.15) is 0 Å². The van der Waals surface area contributed by atoms with Gasteiger partial charge in [-0.05, 0) is 43.7 Å². The van der Waals surface area contributed by atoms with Crippen molar-refractivity contribution in [1.82, 2.24) is 10.3 Å². The number of aromatic amines is 1. The third-order valence-electron chi connectivity index (χ3n) is 5.98. The zero-order chi connectivity index (χ0) is 15.2. The molecule has 0 radical (unpaired) electrons. The first-order chi connectivity index (χ1) is 10.7. The summed E-state index contributed by atoms with van der Waals surface area (Å²) in [6.07, 6.45) is 7.01. The summed E-state index contributed by atoms with van der Waals surface area (Å²) in [6, 6.07) is 9.66. The molecule has 1 saturated carbocycles. The largest absolute Gasteiger partial charge is 0.396 e. The van der Waals surface area contributed by atoms with Crippen molar-refractivity contribution in [3.05, 3.63) is 35.5 Å². The van der Waals surface area contributed by atoms with E-state index in [4.69, 9.17) is 0 Å². The Hall–Kier alpha value is -1.32. The molecule has 0 aliphatic heterocycles. The fourth-order valence-electron chi connectivity index (χ4n) is 4.50. The Labute approximate surface area is 132 Å². The second kappa shape index (κ2) is 5.39. The van der Waals surface area contributed by atoms with Gasteiger partial charge < -0.3 is 15.4 Å². The molecule has 0 saturated heterocycles. The van der Waals surface area contributed by atoms with Crippen molar-refractivity contribution in [1.29, 1.82) is 0 Å². The topological polar surface area (TPSA) is 48.0 Å². The Bertz CT molecular complexity index is 677. The molecule has 3 atom stereocenters. The van der Waals surface area contributed by atoms with E-state index in [1.807, 2.05) is 0 Å². The highest BCUT2D eigenvalue weighted by Gasteiger charge is 2.39. The van der Waals surface area contributed by atoms with Crippen LogP contribution in [0.4, 0.5) is 0 Å². The van der Waals surface area contributed by atoms with Gasteiger partial charge in [-0.3, -0.25) is 0 Å². The Morgan fingerprint density at radius 2 is 2.18 bits per heavy atom. The maximum atomic E-state index is 9.75. The molecule has 2 aromatic rings. The number of H-pyrrole nitrogens is 1. The van der Waals surface area contributed by atoms with E-state index in [0.29, 0.717) is 18.7 Å². The molecule has 118 valence electrons.